The maximum atomic E-state index is 14.1. The second-order valence-corrected chi connectivity index (χ2v) is 8.42. The van der Waals surface area contributed by atoms with Crippen molar-refractivity contribution in [2.24, 2.45) is 4.99 Å². The van der Waals surface area contributed by atoms with E-state index in [-0.39, 0.29) is 17.4 Å². The van der Waals surface area contributed by atoms with Crippen LogP contribution in [0.2, 0.25) is 0 Å². The Bertz CT molecular complexity index is 816. The average molecular weight is 410 g/mol. The van der Waals surface area contributed by atoms with Crippen LogP contribution in [-0.2, 0) is 17.3 Å². The van der Waals surface area contributed by atoms with Gasteiger partial charge in [-0.1, -0.05) is 61.0 Å². The normalized spacial score (nSPS) is 20.4. The summed E-state index contributed by atoms with van der Waals surface area (Å²) >= 11 is 3.33. The summed E-state index contributed by atoms with van der Waals surface area (Å²) < 4.78 is 43.1. The van der Waals surface area contributed by atoms with E-state index in [4.69, 9.17) is 0 Å². The van der Waals surface area contributed by atoms with E-state index in [1.54, 1.807) is 42.5 Å². The van der Waals surface area contributed by atoms with Crippen LogP contribution in [0, 0.1) is 0 Å². The van der Waals surface area contributed by atoms with Gasteiger partial charge in [0.25, 0.3) is 0 Å². The van der Waals surface area contributed by atoms with Crippen molar-refractivity contribution in [2.75, 3.05) is 0 Å². The predicted molar refractivity (Wildman–Crippen MR) is 98.9 cm³/mol. The molecule has 0 spiro atoms. The van der Waals surface area contributed by atoms with Crippen LogP contribution >= 0.6 is 15.9 Å². The van der Waals surface area contributed by atoms with Crippen molar-refractivity contribution >= 4 is 27.8 Å². The molecule has 0 bridgehead atoms. The van der Waals surface area contributed by atoms with Gasteiger partial charge in [0, 0.05) is 10.7 Å². The minimum Gasteiger partial charge on any atom is -0.260 e. The molecule has 0 radical (unpaired) electrons. The molecule has 1 heterocycles. The highest BCUT2D eigenvalue weighted by atomic mass is 79.9. The smallest absolute Gasteiger partial charge is 0.260 e. The fourth-order valence-electron chi connectivity index (χ4n) is 3.13. The number of alkyl halides is 3. The van der Waals surface area contributed by atoms with E-state index >= 15 is 0 Å². The Morgan fingerprint density at radius 2 is 1.64 bits per heavy atom. The molecule has 1 nitrogen and oxygen atoms in total. The molecule has 0 N–H and O–H groups in total. The molecule has 132 valence electrons. The summed E-state index contributed by atoms with van der Waals surface area (Å²) in [4.78, 5) is 4.14. The summed E-state index contributed by atoms with van der Waals surface area (Å²) in [6, 6.07) is 12.0. The summed E-state index contributed by atoms with van der Waals surface area (Å²) in [7, 11) is 0. The Kier molecular flexibility index (Phi) is 4.34. The minimum atomic E-state index is -4.43. The lowest BCUT2D eigenvalue weighted by Crippen LogP contribution is -2.47. The highest BCUT2D eigenvalue weighted by molar-refractivity contribution is 9.10. The molecule has 0 amide bonds. The van der Waals surface area contributed by atoms with Crippen LogP contribution in [0.4, 0.5) is 18.9 Å². The second-order valence-electron chi connectivity index (χ2n) is 7.50. The lowest BCUT2D eigenvalue weighted by atomic mass is 9.73. The molecule has 0 unspecified atom stereocenters. The highest BCUT2D eigenvalue weighted by Gasteiger charge is 2.56. The number of hydrogen-bond acceptors (Lipinski definition) is 1. The van der Waals surface area contributed by atoms with E-state index in [1.165, 1.54) is 0 Å². The maximum absolute atomic E-state index is 14.1. The molecular formula is C20H19BrF3N. The monoisotopic (exact) mass is 409 g/mol. The van der Waals surface area contributed by atoms with Gasteiger partial charge in [0.2, 0.25) is 0 Å². The molecule has 0 aromatic heterocycles. The quantitative estimate of drug-likeness (QED) is 0.509. The molecule has 25 heavy (non-hydrogen) atoms. The van der Waals surface area contributed by atoms with Crippen molar-refractivity contribution in [3.63, 3.8) is 0 Å². The van der Waals surface area contributed by atoms with Crippen molar-refractivity contribution < 1.29 is 13.2 Å². The number of rotatable bonds is 1. The fraction of sp³-hybridized carbons (Fsp3) is 0.350. The van der Waals surface area contributed by atoms with Crippen molar-refractivity contribution in [3.05, 3.63) is 63.6 Å². The van der Waals surface area contributed by atoms with Crippen molar-refractivity contribution in [1.29, 1.82) is 0 Å². The molecule has 1 aliphatic heterocycles. The van der Waals surface area contributed by atoms with E-state index in [2.05, 4.69) is 20.9 Å². The van der Waals surface area contributed by atoms with Crippen molar-refractivity contribution in [2.45, 2.75) is 44.2 Å². The SMILES string of the molecule is CC(C)(C)c1ccc([C@@]2(C(F)(F)F)C=Nc3ccc(Br)cc3C2)cc1. The van der Waals surface area contributed by atoms with Crippen LogP contribution in [0.25, 0.3) is 0 Å². The van der Waals surface area contributed by atoms with Crippen LogP contribution in [0.15, 0.2) is 51.9 Å². The summed E-state index contributed by atoms with van der Waals surface area (Å²) in [6.07, 6.45) is -3.52. The predicted octanol–water partition coefficient (Wildman–Crippen LogP) is 6.51. The van der Waals surface area contributed by atoms with Crippen LogP contribution in [0.1, 0.15) is 37.5 Å². The molecular weight excluding hydrogens is 391 g/mol. The van der Waals surface area contributed by atoms with Gasteiger partial charge in [0.1, 0.15) is 5.41 Å². The molecule has 2 aromatic carbocycles. The first-order valence-electron chi connectivity index (χ1n) is 8.04. The number of nitrogens with zero attached hydrogens (tertiary/aromatic N) is 1. The topological polar surface area (TPSA) is 12.4 Å². The van der Waals surface area contributed by atoms with E-state index in [1.807, 2.05) is 20.8 Å². The van der Waals surface area contributed by atoms with Gasteiger partial charge in [0.05, 0.1) is 5.69 Å². The first kappa shape index (κ1) is 18.2. The van der Waals surface area contributed by atoms with Gasteiger partial charge in [0.15, 0.2) is 0 Å². The lowest BCUT2D eigenvalue weighted by Gasteiger charge is -2.36. The number of hydrogen-bond donors (Lipinski definition) is 0. The van der Waals surface area contributed by atoms with Crippen LogP contribution < -0.4 is 0 Å². The third kappa shape index (κ3) is 3.26. The highest BCUT2D eigenvalue weighted by Crippen LogP contribution is 2.47. The van der Waals surface area contributed by atoms with Gasteiger partial charge in [-0.05, 0) is 46.7 Å². The minimum absolute atomic E-state index is 0.109. The largest absolute Gasteiger partial charge is 0.403 e. The summed E-state index contributed by atoms with van der Waals surface area (Å²) in [5.41, 5.74) is 0.203. The van der Waals surface area contributed by atoms with Crippen LogP contribution in [0.5, 0.6) is 0 Å². The molecule has 1 aliphatic rings. The standard InChI is InChI=1S/C20H19BrF3N/c1-18(2,3)14-4-6-15(7-5-14)19(20(22,23)24)11-13-10-16(21)8-9-17(13)25-12-19/h4-10,12H,11H2,1-3H3/t19-/m0/s1. The van der Waals surface area contributed by atoms with Crippen molar-refractivity contribution in [3.8, 4) is 0 Å². The first-order valence-corrected chi connectivity index (χ1v) is 8.84. The third-order valence-electron chi connectivity index (χ3n) is 4.71. The van der Waals surface area contributed by atoms with Gasteiger partial charge < -0.3 is 0 Å². The number of fused-ring (bicyclic) bond motifs is 1. The molecule has 3 rings (SSSR count). The molecule has 0 saturated carbocycles. The van der Waals surface area contributed by atoms with Gasteiger partial charge in [-0.15, -0.1) is 0 Å². The molecule has 2 aromatic rings. The Hall–Kier alpha value is -1.62. The van der Waals surface area contributed by atoms with E-state index in [0.717, 1.165) is 16.3 Å². The Morgan fingerprint density at radius 1 is 1.00 bits per heavy atom. The second kappa shape index (κ2) is 5.97. The average Bonchev–Trinajstić information content (AvgIpc) is 2.52. The van der Waals surface area contributed by atoms with Crippen molar-refractivity contribution in [1.82, 2.24) is 0 Å². The van der Waals surface area contributed by atoms with Crippen LogP contribution in [-0.4, -0.2) is 12.4 Å². The zero-order valence-electron chi connectivity index (χ0n) is 14.3. The molecule has 0 aliphatic carbocycles. The third-order valence-corrected chi connectivity index (χ3v) is 5.20. The summed E-state index contributed by atoms with van der Waals surface area (Å²) in [5.74, 6) is 0. The Balaban J connectivity index is 2.11. The van der Waals surface area contributed by atoms with E-state index in [0.29, 0.717) is 11.3 Å². The number of benzene rings is 2. The molecule has 0 saturated heterocycles. The number of halogens is 4. The zero-order valence-corrected chi connectivity index (χ0v) is 15.9. The maximum Gasteiger partial charge on any atom is 0.403 e. The molecule has 0 fully saturated rings. The van der Waals surface area contributed by atoms with E-state index in [9.17, 15) is 13.2 Å². The first-order chi connectivity index (χ1) is 11.5. The molecule has 1 atom stereocenters. The van der Waals surface area contributed by atoms with Gasteiger partial charge in [-0.3, -0.25) is 4.99 Å². The van der Waals surface area contributed by atoms with Gasteiger partial charge >= 0.3 is 6.18 Å². The lowest BCUT2D eigenvalue weighted by molar-refractivity contribution is -0.168. The van der Waals surface area contributed by atoms with E-state index < -0.39 is 11.6 Å². The Morgan fingerprint density at radius 3 is 2.20 bits per heavy atom. The number of aliphatic imine (C=N–C) groups is 1. The molecule has 5 heteroatoms. The Labute approximate surface area is 154 Å². The summed E-state index contributed by atoms with van der Waals surface area (Å²) in [5, 5.41) is 0. The van der Waals surface area contributed by atoms with Gasteiger partial charge in [-0.25, -0.2) is 0 Å². The van der Waals surface area contributed by atoms with Gasteiger partial charge in [-0.2, -0.15) is 13.2 Å². The summed E-state index contributed by atoms with van der Waals surface area (Å²) in [6.45, 7) is 6.12. The fourth-order valence-corrected chi connectivity index (χ4v) is 3.54. The zero-order chi connectivity index (χ0) is 18.5. The van der Waals surface area contributed by atoms with Crippen LogP contribution in [0.3, 0.4) is 0 Å².